The van der Waals surface area contributed by atoms with Crippen LogP contribution >= 0.6 is 0 Å². The van der Waals surface area contributed by atoms with Gasteiger partial charge in [-0.3, -0.25) is 0 Å². The standard InChI is InChI=1S/C12H19NO4S/c1-5-16-11(14)10(9-7-6-8-17-9)13-18(15)12(2,3)4/h6-8,10,13H,5H2,1-4H3/t10-,18+/m1/s1. The highest BCUT2D eigenvalue weighted by Crippen LogP contribution is 2.19. The molecular weight excluding hydrogens is 254 g/mol. The second-order valence-corrected chi connectivity index (χ2v) is 6.70. The van der Waals surface area contributed by atoms with Crippen molar-refractivity contribution in [3.63, 3.8) is 0 Å². The van der Waals surface area contributed by atoms with Gasteiger partial charge in [0.25, 0.3) is 0 Å². The number of furan rings is 1. The van der Waals surface area contributed by atoms with Gasteiger partial charge in [-0.15, -0.1) is 0 Å². The van der Waals surface area contributed by atoms with Gasteiger partial charge in [0.15, 0.2) is 6.04 Å². The van der Waals surface area contributed by atoms with Crippen LogP contribution in [0, 0.1) is 0 Å². The first-order chi connectivity index (χ1) is 8.36. The number of carbonyl (C=O) groups is 1. The smallest absolute Gasteiger partial charge is 0.331 e. The summed E-state index contributed by atoms with van der Waals surface area (Å²) in [6, 6.07) is 2.47. The first kappa shape index (κ1) is 14.9. The van der Waals surface area contributed by atoms with Gasteiger partial charge in [0.1, 0.15) is 5.76 Å². The minimum Gasteiger partial charge on any atom is -0.467 e. The molecule has 1 heterocycles. The van der Waals surface area contributed by atoms with Gasteiger partial charge >= 0.3 is 5.97 Å². The van der Waals surface area contributed by atoms with E-state index in [1.807, 2.05) is 20.8 Å². The van der Waals surface area contributed by atoms with E-state index in [4.69, 9.17) is 9.15 Å². The normalized spacial score (nSPS) is 15.1. The summed E-state index contributed by atoms with van der Waals surface area (Å²) in [6.07, 6.45) is 1.46. The van der Waals surface area contributed by atoms with Crippen molar-refractivity contribution in [2.75, 3.05) is 6.61 Å². The quantitative estimate of drug-likeness (QED) is 0.832. The van der Waals surface area contributed by atoms with Crippen molar-refractivity contribution in [2.45, 2.75) is 38.5 Å². The molecule has 1 N–H and O–H groups in total. The first-order valence-electron chi connectivity index (χ1n) is 5.74. The Balaban J connectivity index is 2.86. The summed E-state index contributed by atoms with van der Waals surface area (Å²) >= 11 is 0. The molecule has 5 nitrogen and oxygen atoms in total. The predicted molar refractivity (Wildman–Crippen MR) is 69.1 cm³/mol. The lowest BCUT2D eigenvalue weighted by atomic mass is 10.2. The van der Waals surface area contributed by atoms with Crippen LogP contribution in [0.4, 0.5) is 0 Å². The van der Waals surface area contributed by atoms with E-state index < -0.39 is 27.7 Å². The van der Waals surface area contributed by atoms with Gasteiger partial charge in [0, 0.05) is 0 Å². The van der Waals surface area contributed by atoms with Gasteiger partial charge in [-0.1, -0.05) is 0 Å². The number of ether oxygens (including phenoxy) is 1. The fourth-order valence-electron chi connectivity index (χ4n) is 1.19. The van der Waals surface area contributed by atoms with Gasteiger partial charge in [0.2, 0.25) is 0 Å². The van der Waals surface area contributed by atoms with Gasteiger partial charge < -0.3 is 9.15 Å². The molecule has 0 aliphatic carbocycles. The molecule has 0 amide bonds. The van der Waals surface area contributed by atoms with Crippen molar-refractivity contribution < 1.29 is 18.2 Å². The molecule has 102 valence electrons. The first-order valence-corrected chi connectivity index (χ1v) is 6.89. The highest BCUT2D eigenvalue weighted by Gasteiger charge is 2.30. The maximum absolute atomic E-state index is 12.0. The molecule has 18 heavy (non-hydrogen) atoms. The molecule has 1 aromatic rings. The largest absolute Gasteiger partial charge is 0.467 e. The Kier molecular flexibility index (Phi) is 5.10. The zero-order chi connectivity index (χ0) is 13.8. The van der Waals surface area contributed by atoms with E-state index in [2.05, 4.69) is 4.72 Å². The van der Waals surface area contributed by atoms with E-state index in [0.29, 0.717) is 5.76 Å². The van der Waals surface area contributed by atoms with Crippen molar-refractivity contribution in [3.8, 4) is 0 Å². The molecule has 0 unspecified atom stereocenters. The van der Waals surface area contributed by atoms with Gasteiger partial charge in [-0.05, 0) is 39.8 Å². The molecule has 0 saturated carbocycles. The maximum Gasteiger partial charge on any atom is 0.331 e. The summed E-state index contributed by atoms with van der Waals surface area (Å²) in [6.45, 7) is 7.44. The van der Waals surface area contributed by atoms with Crippen molar-refractivity contribution in [1.82, 2.24) is 4.72 Å². The number of carbonyl (C=O) groups excluding carboxylic acids is 1. The fraction of sp³-hybridized carbons (Fsp3) is 0.583. The third kappa shape index (κ3) is 3.96. The molecule has 1 aromatic heterocycles. The minimum atomic E-state index is -1.39. The lowest BCUT2D eigenvalue weighted by molar-refractivity contribution is -0.145. The number of nitrogens with one attached hydrogen (secondary N) is 1. The summed E-state index contributed by atoms with van der Waals surface area (Å²) in [4.78, 5) is 11.8. The van der Waals surface area contributed by atoms with Crippen molar-refractivity contribution in [2.24, 2.45) is 0 Å². The van der Waals surface area contributed by atoms with E-state index in [1.54, 1.807) is 19.1 Å². The summed E-state index contributed by atoms with van der Waals surface area (Å²) in [5.41, 5.74) is 0. The number of esters is 1. The summed E-state index contributed by atoms with van der Waals surface area (Å²) < 4.78 is 24.4. The Hall–Kier alpha value is -1.14. The number of hydrogen-bond donors (Lipinski definition) is 1. The third-order valence-corrected chi connectivity index (χ3v) is 3.69. The van der Waals surface area contributed by atoms with Crippen LogP contribution in [0.2, 0.25) is 0 Å². The van der Waals surface area contributed by atoms with Crippen LogP contribution in [-0.4, -0.2) is 21.5 Å². The van der Waals surface area contributed by atoms with Crippen molar-refractivity contribution in [1.29, 1.82) is 0 Å². The Morgan fingerprint density at radius 1 is 1.56 bits per heavy atom. The average Bonchev–Trinajstić information content (AvgIpc) is 2.77. The molecule has 6 heteroatoms. The summed E-state index contributed by atoms with van der Waals surface area (Å²) in [5, 5.41) is 0. The zero-order valence-corrected chi connectivity index (χ0v) is 11.9. The van der Waals surface area contributed by atoms with Crippen LogP contribution in [0.15, 0.2) is 22.8 Å². The van der Waals surface area contributed by atoms with E-state index in [1.165, 1.54) is 6.26 Å². The lowest BCUT2D eigenvalue weighted by Gasteiger charge is -2.22. The second kappa shape index (κ2) is 6.15. The van der Waals surface area contributed by atoms with Crippen LogP contribution in [0.3, 0.4) is 0 Å². The Bertz CT molecular complexity index is 408. The van der Waals surface area contributed by atoms with Crippen LogP contribution < -0.4 is 4.72 Å². The topological polar surface area (TPSA) is 68.5 Å². The SMILES string of the molecule is CCOC(=O)[C@H](N[S@@](=O)C(C)(C)C)c1ccco1. The molecule has 0 bridgehead atoms. The van der Waals surface area contributed by atoms with Gasteiger partial charge in [0.05, 0.1) is 28.6 Å². The van der Waals surface area contributed by atoms with Crippen molar-refractivity contribution in [3.05, 3.63) is 24.2 Å². The van der Waals surface area contributed by atoms with Gasteiger partial charge in [-0.25, -0.2) is 13.7 Å². The fourth-order valence-corrected chi connectivity index (χ4v) is 1.97. The average molecular weight is 273 g/mol. The molecule has 0 aliphatic rings. The highest BCUT2D eigenvalue weighted by atomic mass is 32.2. The Labute approximate surface area is 109 Å². The Morgan fingerprint density at radius 2 is 2.22 bits per heavy atom. The van der Waals surface area contributed by atoms with E-state index in [-0.39, 0.29) is 6.61 Å². The van der Waals surface area contributed by atoms with Crippen LogP contribution in [0.25, 0.3) is 0 Å². The number of hydrogen-bond acceptors (Lipinski definition) is 4. The lowest BCUT2D eigenvalue weighted by Crippen LogP contribution is -2.39. The molecule has 0 aliphatic heterocycles. The second-order valence-electron chi connectivity index (χ2n) is 4.70. The van der Waals surface area contributed by atoms with E-state index >= 15 is 0 Å². The van der Waals surface area contributed by atoms with E-state index in [9.17, 15) is 9.00 Å². The third-order valence-electron chi connectivity index (χ3n) is 2.13. The summed E-state index contributed by atoms with van der Waals surface area (Å²) in [5.74, 6) is -0.101. The molecule has 0 saturated heterocycles. The predicted octanol–water partition coefficient (Wildman–Crippen LogP) is 1.94. The highest BCUT2D eigenvalue weighted by molar-refractivity contribution is 7.84. The van der Waals surface area contributed by atoms with Crippen LogP contribution in [0.1, 0.15) is 39.5 Å². The van der Waals surface area contributed by atoms with Crippen LogP contribution in [0.5, 0.6) is 0 Å². The molecule has 0 radical (unpaired) electrons. The minimum absolute atomic E-state index is 0.264. The molecule has 0 fully saturated rings. The van der Waals surface area contributed by atoms with Gasteiger partial charge in [-0.2, -0.15) is 0 Å². The Morgan fingerprint density at radius 3 is 2.67 bits per heavy atom. The van der Waals surface area contributed by atoms with E-state index in [0.717, 1.165) is 0 Å². The zero-order valence-electron chi connectivity index (χ0n) is 11.1. The summed E-state index contributed by atoms with van der Waals surface area (Å²) in [7, 11) is -1.39. The van der Waals surface area contributed by atoms with Crippen LogP contribution in [-0.2, 0) is 20.5 Å². The maximum atomic E-state index is 12.0. The van der Waals surface area contributed by atoms with Crippen molar-refractivity contribution >= 4 is 17.0 Å². The molecule has 2 atom stereocenters. The monoisotopic (exact) mass is 273 g/mol. The molecule has 1 rings (SSSR count). The molecular formula is C12H19NO4S. The number of rotatable bonds is 5. The molecule has 0 spiro atoms. The molecule has 0 aromatic carbocycles.